The lowest BCUT2D eigenvalue weighted by atomic mass is 10.1. The van der Waals surface area contributed by atoms with Gasteiger partial charge >= 0.3 is 0 Å². The summed E-state index contributed by atoms with van der Waals surface area (Å²) in [5.74, 6) is 2.56. The van der Waals surface area contributed by atoms with Crippen molar-refractivity contribution in [2.45, 2.75) is 31.2 Å². The number of amidine groups is 1. The molecule has 1 unspecified atom stereocenters. The molecule has 0 aromatic heterocycles. The second-order valence-corrected chi connectivity index (χ2v) is 5.55. The summed E-state index contributed by atoms with van der Waals surface area (Å²) in [6, 6.07) is 3.82. The zero-order valence-corrected chi connectivity index (χ0v) is 12.6. The van der Waals surface area contributed by atoms with Gasteiger partial charge in [0.2, 0.25) is 0 Å². The van der Waals surface area contributed by atoms with Crippen molar-refractivity contribution in [3.63, 3.8) is 0 Å². The third kappa shape index (κ3) is 2.22. The van der Waals surface area contributed by atoms with Crippen molar-refractivity contribution in [2.75, 3.05) is 20.8 Å². The highest BCUT2D eigenvalue weighted by molar-refractivity contribution is 6.22. The normalized spacial score (nSPS) is 21.4. The Bertz CT molecular complexity index is 545. The Morgan fingerprint density at radius 1 is 1.20 bits per heavy atom. The summed E-state index contributed by atoms with van der Waals surface area (Å²) in [7, 11) is 3.30. The Hall–Kier alpha value is -1.42. The number of aliphatic imine (C=N–C) groups is 1. The van der Waals surface area contributed by atoms with Crippen LogP contribution in [-0.4, -0.2) is 31.5 Å². The van der Waals surface area contributed by atoms with Crippen LogP contribution < -0.4 is 9.47 Å². The Labute approximate surface area is 124 Å². The van der Waals surface area contributed by atoms with Gasteiger partial charge in [0.15, 0.2) is 0 Å². The van der Waals surface area contributed by atoms with E-state index >= 15 is 0 Å². The first-order valence-corrected chi connectivity index (χ1v) is 7.42. The standard InChI is InChI=1S/C15H19ClN2O2/c1-19-10-8-11-14(12(9-10)20-2)17-13-6-4-3-5-7-18(13)15(11)16/h8-9,15H,3-7H2,1-2H3. The molecule has 3 rings (SSSR count). The van der Waals surface area contributed by atoms with Gasteiger partial charge in [-0.25, -0.2) is 4.99 Å². The number of methoxy groups -OCH3 is 2. The molecule has 4 nitrogen and oxygen atoms in total. The van der Waals surface area contributed by atoms with Gasteiger partial charge in [-0.15, -0.1) is 0 Å². The van der Waals surface area contributed by atoms with Crippen LogP contribution in [0.5, 0.6) is 11.5 Å². The fraction of sp³-hybridized carbons (Fsp3) is 0.533. The Balaban J connectivity index is 2.12. The van der Waals surface area contributed by atoms with Crippen molar-refractivity contribution in [3.05, 3.63) is 17.7 Å². The molecule has 0 aliphatic carbocycles. The van der Waals surface area contributed by atoms with Crippen molar-refractivity contribution in [1.82, 2.24) is 4.90 Å². The summed E-state index contributed by atoms with van der Waals surface area (Å²) in [6.45, 7) is 0.964. The average Bonchev–Trinajstić information content (AvgIpc) is 2.72. The molecule has 2 heterocycles. The molecule has 0 N–H and O–H groups in total. The highest BCUT2D eigenvalue weighted by atomic mass is 35.5. The largest absolute Gasteiger partial charge is 0.497 e. The Morgan fingerprint density at radius 2 is 2.05 bits per heavy atom. The molecule has 2 aliphatic heterocycles. The maximum atomic E-state index is 6.69. The fourth-order valence-corrected chi connectivity index (χ4v) is 3.23. The number of alkyl halides is 1. The summed E-state index contributed by atoms with van der Waals surface area (Å²) < 4.78 is 10.8. The lowest BCUT2D eigenvalue weighted by molar-refractivity contribution is 0.372. The Kier molecular flexibility index (Phi) is 3.74. The van der Waals surface area contributed by atoms with E-state index in [9.17, 15) is 0 Å². The van der Waals surface area contributed by atoms with Crippen LogP contribution in [0.25, 0.3) is 0 Å². The molecule has 1 aromatic rings. The number of fused-ring (bicyclic) bond motifs is 2. The van der Waals surface area contributed by atoms with Crippen LogP contribution in [0.3, 0.4) is 0 Å². The quantitative estimate of drug-likeness (QED) is 0.613. The van der Waals surface area contributed by atoms with Gasteiger partial charge in [0.25, 0.3) is 0 Å². The van der Waals surface area contributed by atoms with Gasteiger partial charge in [-0.3, -0.25) is 0 Å². The second kappa shape index (κ2) is 5.52. The smallest absolute Gasteiger partial charge is 0.148 e. The van der Waals surface area contributed by atoms with Gasteiger partial charge in [-0.2, -0.15) is 0 Å². The number of benzene rings is 1. The predicted octanol–water partition coefficient (Wildman–Crippen LogP) is 3.86. The first-order valence-electron chi connectivity index (χ1n) is 6.99. The van der Waals surface area contributed by atoms with E-state index < -0.39 is 0 Å². The zero-order chi connectivity index (χ0) is 14.1. The third-order valence-corrected chi connectivity index (χ3v) is 4.41. The molecule has 0 saturated carbocycles. The average molecular weight is 295 g/mol. The molecular weight excluding hydrogens is 276 g/mol. The monoisotopic (exact) mass is 294 g/mol. The number of hydrogen-bond donors (Lipinski definition) is 0. The molecule has 0 spiro atoms. The van der Waals surface area contributed by atoms with Gasteiger partial charge in [0.05, 0.1) is 14.2 Å². The van der Waals surface area contributed by atoms with Gasteiger partial charge in [0.1, 0.15) is 28.5 Å². The Morgan fingerprint density at radius 3 is 2.80 bits per heavy atom. The van der Waals surface area contributed by atoms with E-state index in [2.05, 4.69) is 4.90 Å². The second-order valence-electron chi connectivity index (χ2n) is 5.14. The van der Waals surface area contributed by atoms with E-state index in [1.807, 2.05) is 12.1 Å². The van der Waals surface area contributed by atoms with E-state index in [1.165, 1.54) is 19.3 Å². The third-order valence-electron chi connectivity index (χ3n) is 3.94. The maximum Gasteiger partial charge on any atom is 0.148 e. The molecule has 5 heteroatoms. The number of halogens is 1. The van der Waals surface area contributed by atoms with Crippen molar-refractivity contribution >= 4 is 23.1 Å². The van der Waals surface area contributed by atoms with Crippen LogP contribution in [0.2, 0.25) is 0 Å². The molecule has 0 bridgehead atoms. The van der Waals surface area contributed by atoms with Crippen molar-refractivity contribution in [1.29, 1.82) is 0 Å². The topological polar surface area (TPSA) is 34.1 Å². The van der Waals surface area contributed by atoms with E-state index in [0.717, 1.165) is 41.6 Å². The highest BCUT2D eigenvalue weighted by Gasteiger charge is 2.31. The first kappa shape index (κ1) is 13.6. The highest BCUT2D eigenvalue weighted by Crippen LogP contribution is 2.46. The lowest BCUT2D eigenvalue weighted by Crippen LogP contribution is -2.34. The van der Waals surface area contributed by atoms with E-state index in [0.29, 0.717) is 0 Å². The number of ether oxygens (including phenoxy) is 2. The number of nitrogens with zero attached hydrogens (tertiary/aromatic N) is 2. The number of hydrogen-bond acceptors (Lipinski definition) is 4. The molecule has 1 saturated heterocycles. The summed E-state index contributed by atoms with van der Waals surface area (Å²) in [5, 5.41) is 0. The van der Waals surface area contributed by atoms with Gasteiger partial charge in [-0.05, 0) is 18.9 Å². The van der Waals surface area contributed by atoms with Crippen molar-refractivity contribution in [3.8, 4) is 11.5 Å². The molecule has 1 atom stereocenters. The molecular formula is C15H19ClN2O2. The minimum Gasteiger partial charge on any atom is -0.497 e. The number of rotatable bonds is 2. The van der Waals surface area contributed by atoms with Crippen molar-refractivity contribution in [2.24, 2.45) is 4.99 Å². The summed E-state index contributed by atoms with van der Waals surface area (Å²) in [5.41, 5.74) is 1.62. The molecule has 1 fully saturated rings. The van der Waals surface area contributed by atoms with E-state index in [1.54, 1.807) is 14.2 Å². The molecule has 0 amide bonds. The fourth-order valence-electron chi connectivity index (χ4n) is 2.85. The zero-order valence-electron chi connectivity index (χ0n) is 11.9. The molecule has 20 heavy (non-hydrogen) atoms. The van der Waals surface area contributed by atoms with Crippen LogP contribution in [0.15, 0.2) is 17.1 Å². The molecule has 1 aromatic carbocycles. The molecule has 0 radical (unpaired) electrons. The van der Waals surface area contributed by atoms with E-state index in [-0.39, 0.29) is 5.50 Å². The van der Waals surface area contributed by atoms with Crippen LogP contribution in [0, 0.1) is 0 Å². The van der Waals surface area contributed by atoms with Crippen LogP contribution in [-0.2, 0) is 0 Å². The summed E-state index contributed by atoms with van der Waals surface area (Å²) in [4.78, 5) is 7.01. The maximum absolute atomic E-state index is 6.69. The SMILES string of the molecule is COc1cc(OC)c2c(c1)C(Cl)N1CCCCCC1=N2. The minimum atomic E-state index is -0.195. The predicted molar refractivity (Wildman–Crippen MR) is 80.4 cm³/mol. The molecule has 2 aliphatic rings. The molecule has 108 valence electrons. The van der Waals surface area contributed by atoms with Crippen LogP contribution >= 0.6 is 11.6 Å². The first-order chi connectivity index (χ1) is 9.74. The summed E-state index contributed by atoms with van der Waals surface area (Å²) >= 11 is 6.69. The summed E-state index contributed by atoms with van der Waals surface area (Å²) in [6.07, 6.45) is 4.55. The van der Waals surface area contributed by atoms with Gasteiger partial charge in [-0.1, -0.05) is 18.0 Å². The van der Waals surface area contributed by atoms with Crippen molar-refractivity contribution < 1.29 is 9.47 Å². The lowest BCUT2D eigenvalue weighted by Gasteiger charge is -2.34. The van der Waals surface area contributed by atoms with Crippen LogP contribution in [0.4, 0.5) is 5.69 Å². The van der Waals surface area contributed by atoms with Gasteiger partial charge < -0.3 is 14.4 Å². The van der Waals surface area contributed by atoms with E-state index in [4.69, 9.17) is 26.1 Å². The minimum absolute atomic E-state index is 0.195. The van der Waals surface area contributed by atoms with Gasteiger partial charge in [0, 0.05) is 24.6 Å². The van der Waals surface area contributed by atoms with Crippen LogP contribution in [0.1, 0.15) is 36.7 Å².